The molecule has 0 saturated carbocycles. The highest BCUT2D eigenvalue weighted by molar-refractivity contribution is 8.00. The van der Waals surface area contributed by atoms with Crippen molar-refractivity contribution in [3.8, 4) is 5.75 Å². The Bertz CT molecular complexity index is 996. The summed E-state index contributed by atoms with van der Waals surface area (Å²) in [7, 11) is 0. The maximum absolute atomic E-state index is 11.7. The minimum absolute atomic E-state index is 0.0680. The van der Waals surface area contributed by atoms with Crippen LogP contribution in [0.3, 0.4) is 0 Å². The van der Waals surface area contributed by atoms with Crippen LogP contribution in [0.2, 0.25) is 0 Å². The smallest absolute Gasteiger partial charge is 0.336 e. The van der Waals surface area contributed by atoms with E-state index >= 15 is 0 Å². The molecular formula is C16H17N3O3S2. The van der Waals surface area contributed by atoms with E-state index in [4.69, 9.17) is 4.42 Å². The van der Waals surface area contributed by atoms with Crippen LogP contribution in [0, 0.1) is 0 Å². The van der Waals surface area contributed by atoms with Crippen LogP contribution in [-0.2, 0) is 5.75 Å². The van der Waals surface area contributed by atoms with Crippen molar-refractivity contribution in [2.45, 2.75) is 36.4 Å². The van der Waals surface area contributed by atoms with E-state index in [-0.39, 0.29) is 11.3 Å². The van der Waals surface area contributed by atoms with Gasteiger partial charge in [-0.1, -0.05) is 23.1 Å². The van der Waals surface area contributed by atoms with Gasteiger partial charge in [0.25, 0.3) is 0 Å². The van der Waals surface area contributed by atoms with Gasteiger partial charge in [-0.25, -0.2) is 4.79 Å². The molecule has 24 heavy (non-hydrogen) atoms. The predicted octanol–water partition coefficient (Wildman–Crippen LogP) is 3.27. The Morgan fingerprint density at radius 3 is 2.92 bits per heavy atom. The van der Waals surface area contributed by atoms with Crippen LogP contribution in [0.4, 0.5) is 0 Å². The number of nitrogens with zero attached hydrogens (tertiary/aromatic N) is 2. The summed E-state index contributed by atoms with van der Waals surface area (Å²) in [5, 5.41) is 17.5. The second kappa shape index (κ2) is 6.45. The van der Waals surface area contributed by atoms with Crippen LogP contribution in [0.5, 0.6) is 5.75 Å². The molecule has 0 bridgehead atoms. The van der Waals surface area contributed by atoms with Gasteiger partial charge in [0.15, 0.2) is 4.34 Å². The number of fused-ring (bicyclic) bond motifs is 1. The minimum atomic E-state index is -0.433. The first kappa shape index (κ1) is 16.8. The highest BCUT2D eigenvalue weighted by Crippen LogP contribution is 2.28. The molecule has 0 spiro atoms. The molecule has 2 N–H and O–H groups in total. The highest BCUT2D eigenvalue weighted by Gasteiger charge is 2.10. The SMILES string of the molecule is CC(C)(C)/N=c1/[nH]nc(SCc2cc(=O)oc3cc(O)ccc23)s1. The summed E-state index contributed by atoms with van der Waals surface area (Å²) < 4.78 is 5.98. The third-order valence-electron chi connectivity index (χ3n) is 3.03. The van der Waals surface area contributed by atoms with E-state index in [1.165, 1.54) is 35.2 Å². The lowest BCUT2D eigenvalue weighted by atomic mass is 10.1. The lowest BCUT2D eigenvalue weighted by Crippen LogP contribution is -2.15. The fourth-order valence-electron chi connectivity index (χ4n) is 2.11. The lowest BCUT2D eigenvalue weighted by molar-refractivity contribution is 0.473. The largest absolute Gasteiger partial charge is 0.508 e. The van der Waals surface area contributed by atoms with Gasteiger partial charge in [-0.2, -0.15) is 5.10 Å². The molecule has 3 aromatic rings. The van der Waals surface area contributed by atoms with Crippen molar-refractivity contribution in [1.82, 2.24) is 10.2 Å². The third kappa shape index (κ3) is 4.07. The zero-order valence-electron chi connectivity index (χ0n) is 13.5. The molecule has 0 atom stereocenters. The highest BCUT2D eigenvalue weighted by atomic mass is 32.2. The molecule has 126 valence electrons. The van der Waals surface area contributed by atoms with E-state index in [1.54, 1.807) is 12.1 Å². The Balaban J connectivity index is 1.86. The molecule has 2 heterocycles. The number of benzene rings is 1. The predicted molar refractivity (Wildman–Crippen MR) is 95.5 cm³/mol. The van der Waals surface area contributed by atoms with Crippen LogP contribution in [0.1, 0.15) is 26.3 Å². The summed E-state index contributed by atoms with van der Waals surface area (Å²) in [6.45, 7) is 6.08. The molecule has 0 saturated heterocycles. The molecule has 0 aliphatic carbocycles. The average Bonchev–Trinajstić information content (AvgIpc) is 2.89. The average molecular weight is 363 g/mol. The van der Waals surface area contributed by atoms with Crippen LogP contribution < -0.4 is 10.4 Å². The van der Waals surface area contributed by atoms with Crippen molar-refractivity contribution in [2.75, 3.05) is 0 Å². The first-order valence-corrected chi connectivity index (χ1v) is 9.10. The van der Waals surface area contributed by atoms with E-state index in [0.717, 1.165) is 20.1 Å². The maximum atomic E-state index is 11.7. The van der Waals surface area contributed by atoms with Crippen LogP contribution in [0.15, 0.2) is 42.8 Å². The van der Waals surface area contributed by atoms with Crippen molar-refractivity contribution < 1.29 is 9.52 Å². The quantitative estimate of drug-likeness (QED) is 0.550. The van der Waals surface area contributed by atoms with E-state index in [0.29, 0.717) is 11.3 Å². The molecule has 6 nitrogen and oxygen atoms in total. The number of phenolic OH excluding ortho intramolecular Hbond substituents is 1. The molecule has 0 aliphatic rings. The third-order valence-corrected chi connectivity index (χ3v) is 5.07. The molecule has 0 radical (unpaired) electrons. The van der Waals surface area contributed by atoms with Crippen molar-refractivity contribution in [2.24, 2.45) is 4.99 Å². The van der Waals surface area contributed by atoms with Gasteiger partial charge in [0.05, 0.1) is 5.54 Å². The van der Waals surface area contributed by atoms with Gasteiger partial charge in [-0.05, 0) is 38.5 Å². The number of nitrogens with one attached hydrogen (secondary N) is 1. The number of phenols is 1. The molecule has 0 aliphatic heterocycles. The molecule has 3 rings (SSSR count). The van der Waals surface area contributed by atoms with Gasteiger partial charge in [0.2, 0.25) is 4.80 Å². The fourth-order valence-corrected chi connectivity index (χ4v) is 4.06. The number of rotatable bonds is 3. The topological polar surface area (TPSA) is 91.5 Å². The molecule has 2 aromatic heterocycles. The Labute approximate surface area is 146 Å². The van der Waals surface area contributed by atoms with Crippen LogP contribution in [0.25, 0.3) is 11.0 Å². The van der Waals surface area contributed by atoms with Crippen molar-refractivity contribution >= 4 is 34.1 Å². The standard InChI is InChI=1S/C16H17N3O3S2/c1-16(2,3)17-14-18-19-15(24-14)23-8-9-6-13(21)22-12-7-10(20)4-5-11(9)12/h4-7,20H,8H2,1-3H3,(H,17,18). The van der Waals surface area contributed by atoms with Crippen molar-refractivity contribution in [3.63, 3.8) is 0 Å². The first-order chi connectivity index (χ1) is 11.3. The van der Waals surface area contributed by atoms with Gasteiger partial charge >= 0.3 is 5.63 Å². The van der Waals surface area contributed by atoms with Crippen molar-refractivity contribution in [3.05, 3.63) is 45.1 Å². The van der Waals surface area contributed by atoms with Gasteiger partial charge in [0.1, 0.15) is 11.3 Å². The Morgan fingerprint density at radius 1 is 1.38 bits per heavy atom. The normalized spacial score (nSPS) is 12.9. The van der Waals surface area contributed by atoms with Crippen LogP contribution >= 0.6 is 23.1 Å². The van der Waals surface area contributed by atoms with E-state index in [2.05, 4.69) is 15.2 Å². The van der Waals surface area contributed by atoms with Crippen LogP contribution in [-0.4, -0.2) is 20.8 Å². The molecule has 0 unspecified atom stereocenters. The number of aromatic nitrogens is 2. The second-order valence-electron chi connectivity index (χ2n) is 6.24. The Morgan fingerprint density at radius 2 is 2.17 bits per heavy atom. The minimum Gasteiger partial charge on any atom is -0.508 e. The molecule has 1 aromatic carbocycles. The fraction of sp³-hybridized carbons (Fsp3) is 0.312. The summed E-state index contributed by atoms with van der Waals surface area (Å²) >= 11 is 3.00. The van der Waals surface area contributed by atoms with E-state index < -0.39 is 5.63 Å². The number of aromatic hydroxyl groups is 1. The molecule has 0 amide bonds. The van der Waals surface area contributed by atoms with Gasteiger partial charge in [-0.3, -0.25) is 10.1 Å². The zero-order chi connectivity index (χ0) is 17.3. The summed E-state index contributed by atoms with van der Waals surface area (Å²) in [6, 6.07) is 6.25. The maximum Gasteiger partial charge on any atom is 0.336 e. The summed E-state index contributed by atoms with van der Waals surface area (Å²) in [5.74, 6) is 0.641. The van der Waals surface area contributed by atoms with E-state index in [1.807, 2.05) is 20.8 Å². The summed E-state index contributed by atoms with van der Waals surface area (Å²) in [4.78, 5) is 17.0. The summed E-state index contributed by atoms with van der Waals surface area (Å²) in [6.07, 6.45) is 0. The lowest BCUT2D eigenvalue weighted by Gasteiger charge is -2.08. The Kier molecular flexibility index (Phi) is 4.51. The monoisotopic (exact) mass is 363 g/mol. The number of hydrogen-bond acceptors (Lipinski definition) is 7. The summed E-state index contributed by atoms with van der Waals surface area (Å²) in [5.41, 5.74) is 0.627. The molecule has 0 fully saturated rings. The second-order valence-corrected chi connectivity index (χ2v) is 8.44. The molecular weight excluding hydrogens is 346 g/mol. The first-order valence-electron chi connectivity index (χ1n) is 7.30. The number of thioether (sulfide) groups is 1. The number of H-pyrrole nitrogens is 1. The van der Waals surface area contributed by atoms with Gasteiger partial charge in [-0.15, -0.1) is 0 Å². The van der Waals surface area contributed by atoms with Crippen molar-refractivity contribution in [1.29, 1.82) is 0 Å². The Hall–Kier alpha value is -2.06. The van der Waals surface area contributed by atoms with Gasteiger partial charge in [0, 0.05) is 23.3 Å². The number of hydrogen-bond donors (Lipinski definition) is 2. The number of aromatic amines is 1. The van der Waals surface area contributed by atoms with E-state index in [9.17, 15) is 9.90 Å². The van der Waals surface area contributed by atoms with Gasteiger partial charge < -0.3 is 9.52 Å². The molecule has 8 heteroatoms. The zero-order valence-corrected chi connectivity index (χ0v) is 15.1.